The van der Waals surface area contributed by atoms with Crippen molar-refractivity contribution in [3.63, 3.8) is 0 Å². The number of carbonyl (C=O) groups excluding carboxylic acids is 1. The fourth-order valence-corrected chi connectivity index (χ4v) is 3.48. The number of hydrogen-bond donors (Lipinski definition) is 1. The predicted molar refractivity (Wildman–Crippen MR) is 106 cm³/mol. The third-order valence-electron chi connectivity index (χ3n) is 5.18. The molecule has 144 valence electrons. The molecule has 8 nitrogen and oxygen atoms in total. The van der Waals surface area contributed by atoms with Crippen LogP contribution in [0.3, 0.4) is 0 Å². The van der Waals surface area contributed by atoms with Gasteiger partial charge in [-0.3, -0.25) is 4.79 Å². The number of carbonyl (C=O) groups is 1. The van der Waals surface area contributed by atoms with Crippen molar-refractivity contribution >= 4 is 28.6 Å². The van der Waals surface area contributed by atoms with E-state index in [1.807, 2.05) is 29.2 Å². The molecule has 2 fully saturated rings. The SMILES string of the molecule is Cc1cc(C(=O)N2CCN(c3nc4ccccc4nc3NC3CC3)CC2)no1. The van der Waals surface area contributed by atoms with Crippen molar-refractivity contribution in [3.8, 4) is 0 Å². The van der Waals surface area contributed by atoms with Gasteiger partial charge in [0.05, 0.1) is 11.0 Å². The Kier molecular flexibility index (Phi) is 4.11. The van der Waals surface area contributed by atoms with Gasteiger partial charge < -0.3 is 19.6 Å². The highest BCUT2D eigenvalue weighted by molar-refractivity contribution is 5.92. The highest BCUT2D eigenvalue weighted by Crippen LogP contribution is 2.31. The van der Waals surface area contributed by atoms with Gasteiger partial charge in [0, 0.05) is 38.3 Å². The molecule has 0 spiro atoms. The lowest BCUT2D eigenvalue weighted by Gasteiger charge is -2.35. The second-order valence-electron chi connectivity index (χ2n) is 7.41. The van der Waals surface area contributed by atoms with E-state index in [0.29, 0.717) is 43.7 Å². The zero-order valence-electron chi connectivity index (χ0n) is 15.8. The molecule has 8 heteroatoms. The molecule has 1 saturated heterocycles. The molecule has 0 unspecified atom stereocenters. The summed E-state index contributed by atoms with van der Waals surface area (Å²) < 4.78 is 5.03. The molecule has 1 amide bonds. The van der Waals surface area contributed by atoms with E-state index in [-0.39, 0.29) is 5.91 Å². The number of anilines is 2. The molecular formula is C20H22N6O2. The lowest BCUT2D eigenvalue weighted by atomic mass is 10.2. The van der Waals surface area contributed by atoms with Gasteiger partial charge in [0.2, 0.25) is 0 Å². The number of benzene rings is 1. The van der Waals surface area contributed by atoms with Crippen LogP contribution >= 0.6 is 0 Å². The monoisotopic (exact) mass is 378 g/mol. The van der Waals surface area contributed by atoms with Crippen LogP contribution in [0.15, 0.2) is 34.9 Å². The molecule has 0 atom stereocenters. The summed E-state index contributed by atoms with van der Waals surface area (Å²) in [6.45, 7) is 4.42. The van der Waals surface area contributed by atoms with E-state index in [9.17, 15) is 4.79 Å². The minimum absolute atomic E-state index is 0.0857. The molecule has 5 rings (SSSR count). The molecule has 0 radical (unpaired) electrons. The van der Waals surface area contributed by atoms with Crippen molar-refractivity contribution in [2.75, 3.05) is 36.4 Å². The average Bonchev–Trinajstić information content (AvgIpc) is 3.44. The zero-order chi connectivity index (χ0) is 19.1. The van der Waals surface area contributed by atoms with E-state index >= 15 is 0 Å². The number of nitrogens with one attached hydrogen (secondary N) is 1. The number of aromatic nitrogens is 3. The van der Waals surface area contributed by atoms with Gasteiger partial charge in [-0.15, -0.1) is 0 Å². The standard InChI is InChI=1S/C20H22N6O2/c1-13-12-17(24-28-13)20(27)26-10-8-25(9-11-26)19-18(21-14-6-7-14)22-15-4-2-3-5-16(15)23-19/h2-5,12,14H,6-11H2,1H3,(H,21,22). The number of amides is 1. The van der Waals surface area contributed by atoms with Crippen LogP contribution in [-0.4, -0.2) is 58.2 Å². The molecule has 0 bridgehead atoms. The van der Waals surface area contributed by atoms with E-state index in [0.717, 1.165) is 22.7 Å². The Labute approximate surface area is 162 Å². The van der Waals surface area contributed by atoms with E-state index in [1.165, 1.54) is 12.8 Å². The Hall–Kier alpha value is -3.16. The number of piperazine rings is 1. The normalized spacial score (nSPS) is 17.2. The first-order chi connectivity index (χ1) is 13.7. The largest absolute Gasteiger partial charge is 0.364 e. The van der Waals surface area contributed by atoms with Crippen LogP contribution in [0, 0.1) is 6.92 Å². The van der Waals surface area contributed by atoms with Crippen molar-refractivity contribution < 1.29 is 9.32 Å². The van der Waals surface area contributed by atoms with E-state index in [2.05, 4.69) is 15.4 Å². The van der Waals surface area contributed by atoms with Gasteiger partial charge >= 0.3 is 0 Å². The number of nitrogens with zero attached hydrogens (tertiary/aromatic N) is 5. The molecule has 2 aromatic heterocycles. The topological polar surface area (TPSA) is 87.4 Å². The molecule has 1 aliphatic heterocycles. The molecule has 28 heavy (non-hydrogen) atoms. The fraction of sp³-hybridized carbons (Fsp3) is 0.400. The third kappa shape index (κ3) is 3.26. The first-order valence-corrected chi connectivity index (χ1v) is 9.68. The molecule has 3 aromatic rings. The van der Waals surface area contributed by atoms with Gasteiger partial charge in [0.15, 0.2) is 17.3 Å². The van der Waals surface area contributed by atoms with Gasteiger partial charge in [-0.05, 0) is 31.9 Å². The fourth-order valence-electron chi connectivity index (χ4n) is 3.48. The summed E-state index contributed by atoms with van der Waals surface area (Å²) in [7, 11) is 0. The second kappa shape index (κ2) is 6.78. The maximum absolute atomic E-state index is 12.6. The van der Waals surface area contributed by atoms with Gasteiger partial charge in [0.25, 0.3) is 5.91 Å². The molecular weight excluding hydrogens is 356 g/mol. The summed E-state index contributed by atoms with van der Waals surface area (Å²) in [5.74, 6) is 2.27. The number of aryl methyl sites for hydroxylation is 1. The van der Waals surface area contributed by atoms with Crippen molar-refractivity contribution in [3.05, 3.63) is 41.8 Å². The van der Waals surface area contributed by atoms with Crippen LogP contribution in [0.2, 0.25) is 0 Å². The number of hydrogen-bond acceptors (Lipinski definition) is 7. The summed E-state index contributed by atoms with van der Waals surface area (Å²) in [6.07, 6.45) is 2.35. The lowest BCUT2D eigenvalue weighted by molar-refractivity contribution is 0.0736. The first-order valence-electron chi connectivity index (χ1n) is 9.68. The maximum Gasteiger partial charge on any atom is 0.276 e. The molecule has 2 aliphatic rings. The van der Waals surface area contributed by atoms with Gasteiger partial charge in [-0.1, -0.05) is 17.3 Å². The zero-order valence-corrected chi connectivity index (χ0v) is 15.8. The highest BCUT2D eigenvalue weighted by atomic mass is 16.5. The Balaban J connectivity index is 1.36. The van der Waals surface area contributed by atoms with Crippen LogP contribution < -0.4 is 10.2 Å². The average molecular weight is 378 g/mol. The summed E-state index contributed by atoms with van der Waals surface area (Å²) in [4.78, 5) is 26.3. The Bertz CT molecular complexity index is 1020. The van der Waals surface area contributed by atoms with Crippen LogP contribution in [0.1, 0.15) is 29.1 Å². The van der Waals surface area contributed by atoms with E-state index in [4.69, 9.17) is 14.5 Å². The van der Waals surface area contributed by atoms with Crippen LogP contribution in [0.25, 0.3) is 11.0 Å². The molecule has 1 N–H and O–H groups in total. The Morgan fingerprint density at radius 3 is 2.46 bits per heavy atom. The number of para-hydroxylation sites is 2. The Morgan fingerprint density at radius 1 is 1.11 bits per heavy atom. The smallest absolute Gasteiger partial charge is 0.276 e. The summed E-state index contributed by atoms with van der Waals surface area (Å²) in [5, 5.41) is 7.36. The molecule has 1 saturated carbocycles. The minimum Gasteiger partial charge on any atom is -0.364 e. The van der Waals surface area contributed by atoms with Crippen molar-refractivity contribution in [2.45, 2.75) is 25.8 Å². The third-order valence-corrected chi connectivity index (χ3v) is 5.18. The molecule has 1 aromatic carbocycles. The van der Waals surface area contributed by atoms with Crippen molar-refractivity contribution in [1.29, 1.82) is 0 Å². The van der Waals surface area contributed by atoms with Crippen LogP contribution in [0.5, 0.6) is 0 Å². The first kappa shape index (κ1) is 17.0. The minimum atomic E-state index is -0.0857. The predicted octanol–water partition coefficient (Wildman–Crippen LogP) is 2.46. The maximum atomic E-state index is 12.6. The van der Waals surface area contributed by atoms with Crippen molar-refractivity contribution in [2.24, 2.45) is 0 Å². The van der Waals surface area contributed by atoms with Crippen LogP contribution in [0.4, 0.5) is 11.6 Å². The molecule has 1 aliphatic carbocycles. The Morgan fingerprint density at radius 2 is 1.82 bits per heavy atom. The highest BCUT2D eigenvalue weighted by Gasteiger charge is 2.28. The van der Waals surface area contributed by atoms with E-state index < -0.39 is 0 Å². The second-order valence-corrected chi connectivity index (χ2v) is 7.41. The van der Waals surface area contributed by atoms with Crippen molar-refractivity contribution in [1.82, 2.24) is 20.0 Å². The van der Waals surface area contributed by atoms with Gasteiger partial charge in [-0.2, -0.15) is 0 Å². The quantitative estimate of drug-likeness (QED) is 0.746. The number of fused-ring (bicyclic) bond motifs is 1. The lowest BCUT2D eigenvalue weighted by Crippen LogP contribution is -2.49. The summed E-state index contributed by atoms with van der Waals surface area (Å²) in [6, 6.07) is 10.1. The summed E-state index contributed by atoms with van der Waals surface area (Å²) >= 11 is 0. The van der Waals surface area contributed by atoms with Gasteiger partial charge in [-0.25, -0.2) is 9.97 Å². The molecule has 3 heterocycles. The van der Waals surface area contributed by atoms with E-state index in [1.54, 1.807) is 13.0 Å². The van der Waals surface area contributed by atoms with Gasteiger partial charge in [0.1, 0.15) is 5.76 Å². The number of rotatable bonds is 4. The van der Waals surface area contributed by atoms with Crippen LogP contribution in [-0.2, 0) is 0 Å². The summed E-state index contributed by atoms with van der Waals surface area (Å²) in [5.41, 5.74) is 2.15.